The van der Waals surface area contributed by atoms with Crippen LogP contribution in [0.4, 0.5) is 5.82 Å². The quantitative estimate of drug-likeness (QED) is 0.823. The van der Waals surface area contributed by atoms with E-state index in [1.165, 1.54) is 11.1 Å². The number of pyridine rings is 1. The highest BCUT2D eigenvalue weighted by molar-refractivity contribution is 6.30. The molecule has 1 heterocycles. The maximum Gasteiger partial charge on any atom is 0.123 e. The predicted molar refractivity (Wildman–Crippen MR) is 89.6 cm³/mol. The molecule has 1 unspecified atom stereocenters. The molecular formula is C17H22ClN3. The van der Waals surface area contributed by atoms with Crippen LogP contribution in [0.3, 0.4) is 0 Å². The zero-order valence-corrected chi connectivity index (χ0v) is 13.1. The number of nitrogens with two attached hydrogens (primary N) is 1. The van der Waals surface area contributed by atoms with Crippen LogP contribution < -0.4 is 11.1 Å². The lowest BCUT2D eigenvalue weighted by atomic mass is 9.99. The van der Waals surface area contributed by atoms with Gasteiger partial charge in [-0.25, -0.2) is 4.98 Å². The van der Waals surface area contributed by atoms with E-state index in [0.717, 1.165) is 30.8 Å². The first-order valence-corrected chi connectivity index (χ1v) is 7.73. The third kappa shape index (κ3) is 5.37. The van der Waals surface area contributed by atoms with Crippen molar-refractivity contribution >= 4 is 17.4 Å². The highest BCUT2D eigenvalue weighted by Crippen LogP contribution is 2.14. The van der Waals surface area contributed by atoms with E-state index in [0.29, 0.717) is 11.9 Å². The van der Waals surface area contributed by atoms with Crippen LogP contribution in [-0.2, 0) is 12.8 Å². The van der Waals surface area contributed by atoms with Crippen molar-refractivity contribution in [2.24, 2.45) is 0 Å². The van der Waals surface area contributed by atoms with Gasteiger partial charge in [-0.05, 0) is 61.2 Å². The van der Waals surface area contributed by atoms with Crippen LogP contribution in [0.1, 0.15) is 24.5 Å². The molecule has 0 bridgehead atoms. The molecule has 112 valence electrons. The van der Waals surface area contributed by atoms with Crippen molar-refractivity contribution in [3.63, 3.8) is 0 Å². The minimum Gasteiger partial charge on any atom is -0.384 e. The van der Waals surface area contributed by atoms with Crippen molar-refractivity contribution in [2.45, 2.75) is 32.2 Å². The Bertz CT molecular complexity index is 554. The topological polar surface area (TPSA) is 50.9 Å². The van der Waals surface area contributed by atoms with E-state index in [-0.39, 0.29) is 0 Å². The summed E-state index contributed by atoms with van der Waals surface area (Å²) in [5, 5.41) is 4.38. The molecule has 0 saturated heterocycles. The van der Waals surface area contributed by atoms with Crippen LogP contribution in [0.15, 0.2) is 42.6 Å². The maximum atomic E-state index is 5.94. The molecule has 0 spiro atoms. The van der Waals surface area contributed by atoms with Gasteiger partial charge in [-0.2, -0.15) is 0 Å². The number of halogens is 1. The molecule has 0 aliphatic rings. The Morgan fingerprint density at radius 1 is 1.14 bits per heavy atom. The van der Waals surface area contributed by atoms with Crippen LogP contribution >= 0.6 is 11.6 Å². The lowest BCUT2D eigenvalue weighted by molar-refractivity contribution is 0.504. The summed E-state index contributed by atoms with van der Waals surface area (Å²) in [5.74, 6) is 0.577. The van der Waals surface area contributed by atoms with Gasteiger partial charge in [-0.15, -0.1) is 0 Å². The van der Waals surface area contributed by atoms with Crippen LogP contribution in [-0.4, -0.2) is 17.6 Å². The average Bonchev–Trinajstić information content (AvgIpc) is 2.47. The molecule has 1 atom stereocenters. The summed E-state index contributed by atoms with van der Waals surface area (Å²) >= 11 is 5.94. The first-order chi connectivity index (χ1) is 10.2. The molecule has 1 aromatic heterocycles. The number of nitrogens with one attached hydrogen (secondary N) is 1. The van der Waals surface area contributed by atoms with E-state index < -0.39 is 0 Å². The third-order valence-corrected chi connectivity index (χ3v) is 3.66. The molecule has 0 radical (unpaired) electrons. The third-order valence-electron chi connectivity index (χ3n) is 3.41. The second kappa shape index (κ2) is 8.01. The fourth-order valence-electron chi connectivity index (χ4n) is 2.38. The van der Waals surface area contributed by atoms with E-state index in [9.17, 15) is 0 Å². The minimum absolute atomic E-state index is 0.382. The monoisotopic (exact) mass is 303 g/mol. The van der Waals surface area contributed by atoms with Gasteiger partial charge >= 0.3 is 0 Å². The molecule has 3 N–H and O–H groups in total. The van der Waals surface area contributed by atoms with Crippen molar-refractivity contribution in [1.82, 2.24) is 10.3 Å². The zero-order chi connectivity index (χ0) is 15.1. The number of aromatic nitrogens is 1. The van der Waals surface area contributed by atoms with Gasteiger partial charge in [0.05, 0.1) is 0 Å². The molecule has 0 aliphatic heterocycles. The number of hydrogen-bond acceptors (Lipinski definition) is 3. The first-order valence-electron chi connectivity index (χ1n) is 7.35. The first kappa shape index (κ1) is 15.8. The molecular weight excluding hydrogens is 282 g/mol. The Morgan fingerprint density at radius 3 is 2.52 bits per heavy atom. The van der Waals surface area contributed by atoms with Gasteiger partial charge < -0.3 is 11.1 Å². The molecule has 0 fully saturated rings. The summed E-state index contributed by atoms with van der Waals surface area (Å²) in [5.41, 5.74) is 8.26. The highest BCUT2D eigenvalue weighted by atomic mass is 35.5. The smallest absolute Gasteiger partial charge is 0.123 e. The normalized spacial score (nSPS) is 12.3. The van der Waals surface area contributed by atoms with E-state index in [1.807, 2.05) is 24.3 Å². The van der Waals surface area contributed by atoms with Gasteiger partial charge in [-0.1, -0.05) is 30.7 Å². The number of hydrogen-bond donors (Lipinski definition) is 2. The van der Waals surface area contributed by atoms with Gasteiger partial charge in [0, 0.05) is 17.3 Å². The van der Waals surface area contributed by atoms with Gasteiger partial charge in [0.25, 0.3) is 0 Å². The number of nitrogen functional groups attached to an aromatic ring is 1. The van der Waals surface area contributed by atoms with Gasteiger partial charge in [0.1, 0.15) is 5.82 Å². The standard InChI is InChI=1S/C17H22ClN3/c1-2-8-20-16(10-13-3-5-15(18)6-4-13)11-14-7-9-21-17(19)12-14/h3-7,9,12,16,20H,2,8,10-11H2,1H3,(H2,19,21). The Balaban J connectivity index is 2.04. The summed E-state index contributed by atoms with van der Waals surface area (Å²) < 4.78 is 0. The van der Waals surface area contributed by atoms with Crippen LogP contribution in [0.2, 0.25) is 5.02 Å². The molecule has 1 aromatic carbocycles. The van der Waals surface area contributed by atoms with Crippen molar-refractivity contribution in [3.8, 4) is 0 Å². The predicted octanol–water partition coefficient (Wildman–Crippen LogP) is 3.47. The van der Waals surface area contributed by atoms with Gasteiger partial charge in [0.15, 0.2) is 0 Å². The number of anilines is 1. The Hall–Kier alpha value is -1.58. The number of nitrogens with zero attached hydrogens (tertiary/aromatic N) is 1. The molecule has 2 rings (SSSR count). The molecule has 0 saturated carbocycles. The molecule has 4 heteroatoms. The summed E-state index contributed by atoms with van der Waals surface area (Å²) in [6, 6.07) is 12.4. The van der Waals surface area contributed by atoms with Crippen LogP contribution in [0, 0.1) is 0 Å². The number of benzene rings is 1. The van der Waals surface area contributed by atoms with E-state index in [1.54, 1.807) is 6.20 Å². The van der Waals surface area contributed by atoms with Crippen molar-refractivity contribution < 1.29 is 0 Å². The fraction of sp³-hybridized carbons (Fsp3) is 0.353. The second-order valence-electron chi connectivity index (χ2n) is 5.27. The van der Waals surface area contributed by atoms with Crippen molar-refractivity contribution in [1.29, 1.82) is 0 Å². The van der Waals surface area contributed by atoms with E-state index in [2.05, 4.69) is 29.4 Å². The SMILES string of the molecule is CCCNC(Cc1ccc(Cl)cc1)Cc1ccnc(N)c1. The van der Waals surface area contributed by atoms with Crippen LogP contribution in [0.25, 0.3) is 0 Å². The molecule has 0 amide bonds. The van der Waals surface area contributed by atoms with Gasteiger partial charge in [-0.3, -0.25) is 0 Å². The molecule has 3 nitrogen and oxygen atoms in total. The molecule has 21 heavy (non-hydrogen) atoms. The highest BCUT2D eigenvalue weighted by Gasteiger charge is 2.10. The lowest BCUT2D eigenvalue weighted by Gasteiger charge is -2.19. The Labute approximate surface area is 131 Å². The Morgan fingerprint density at radius 2 is 1.86 bits per heavy atom. The number of rotatable bonds is 7. The van der Waals surface area contributed by atoms with Crippen molar-refractivity contribution in [2.75, 3.05) is 12.3 Å². The van der Waals surface area contributed by atoms with Crippen LogP contribution in [0.5, 0.6) is 0 Å². The maximum absolute atomic E-state index is 5.94. The Kier molecular flexibility index (Phi) is 6.03. The summed E-state index contributed by atoms with van der Waals surface area (Å²) in [6.07, 6.45) is 4.80. The largest absolute Gasteiger partial charge is 0.384 e. The fourth-order valence-corrected chi connectivity index (χ4v) is 2.50. The second-order valence-corrected chi connectivity index (χ2v) is 5.71. The molecule has 0 aliphatic carbocycles. The zero-order valence-electron chi connectivity index (χ0n) is 12.3. The molecule has 2 aromatic rings. The summed E-state index contributed by atoms with van der Waals surface area (Å²) in [4.78, 5) is 4.05. The summed E-state index contributed by atoms with van der Waals surface area (Å²) in [6.45, 7) is 3.19. The lowest BCUT2D eigenvalue weighted by Crippen LogP contribution is -2.33. The van der Waals surface area contributed by atoms with Gasteiger partial charge in [0.2, 0.25) is 0 Å². The van der Waals surface area contributed by atoms with E-state index in [4.69, 9.17) is 17.3 Å². The van der Waals surface area contributed by atoms with Crippen molar-refractivity contribution in [3.05, 3.63) is 58.7 Å². The average molecular weight is 304 g/mol. The van der Waals surface area contributed by atoms with E-state index >= 15 is 0 Å². The minimum atomic E-state index is 0.382. The summed E-state index contributed by atoms with van der Waals surface area (Å²) in [7, 11) is 0.